The number of rotatable bonds is 5. The molecule has 5 rings (SSSR count). The van der Waals surface area contributed by atoms with Crippen LogP contribution < -0.4 is 20.7 Å². The molecule has 1 amide bonds. The molecule has 4 aromatic rings. The molecule has 0 fully saturated rings. The monoisotopic (exact) mass is 446 g/mol. The molecule has 0 saturated heterocycles. The van der Waals surface area contributed by atoms with Crippen molar-refractivity contribution in [1.29, 1.82) is 0 Å². The van der Waals surface area contributed by atoms with Crippen LogP contribution in [0.5, 0.6) is 5.75 Å². The van der Waals surface area contributed by atoms with Gasteiger partial charge in [0.15, 0.2) is 17.3 Å². The zero-order valence-corrected chi connectivity index (χ0v) is 17.8. The number of fused-ring (bicyclic) bond motifs is 3. The molecule has 1 aromatic carbocycles. The summed E-state index contributed by atoms with van der Waals surface area (Å²) >= 11 is 0. The number of nitrogens with one attached hydrogen (secondary N) is 3. The molecule has 166 valence electrons. The van der Waals surface area contributed by atoms with Crippen LogP contribution in [0, 0.1) is 5.82 Å². The van der Waals surface area contributed by atoms with Crippen molar-refractivity contribution in [2.75, 3.05) is 17.7 Å². The number of carbonyl (C=O) groups is 1. The Morgan fingerprint density at radius 3 is 2.76 bits per heavy atom. The van der Waals surface area contributed by atoms with Gasteiger partial charge in [0.1, 0.15) is 18.2 Å². The lowest BCUT2D eigenvalue weighted by molar-refractivity contribution is 0.0958. The molecule has 0 atom stereocenters. The highest BCUT2D eigenvalue weighted by molar-refractivity contribution is 5.99. The number of halogens is 1. The average Bonchev–Trinajstić information content (AvgIpc) is 3.22. The molecule has 3 aromatic heterocycles. The van der Waals surface area contributed by atoms with Crippen molar-refractivity contribution in [2.24, 2.45) is 7.05 Å². The van der Waals surface area contributed by atoms with Gasteiger partial charge in [-0.3, -0.25) is 9.48 Å². The number of anilines is 4. The maximum Gasteiger partial charge on any atom is 0.273 e. The van der Waals surface area contributed by atoms with Gasteiger partial charge < -0.3 is 20.7 Å². The lowest BCUT2D eigenvalue weighted by Crippen LogP contribution is -2.21. The highest BCUT2D eigenvalue weighted by Crippen LogP contribution is 2.43. The second kappa shape index (κ2) is 8.19. The molecule has 0 radical (unpaired) electrons. The molecule has 0 bridgehead atoms. The third-order valence-corrected chi connectivity index (χ3v) is 5.15. The van der Waals surface area contributed by atoms with Crippen LogP contribution in [0.1, 0.15) is 16.1 Å². The first-order valence-corrected chi connectivity index (χ1v) is 10.1. The van der Waals surface area contributed by atoms with Crippen molar-refractivity contribution in [3.05, 3.63) is 65.9 Å². The predicted molar refractivity (Wildman–Crippen MR) is 119 cm³/mol. The number of aryl methyl sites for hydroxylation is 1. The van der Waals surface area contributed by atoms with Gasteiger partial charge in [0.2, 0.25) is 0 Å². The van der Waals surface area contributed by atoms with E-state index in [1.165, 1.54) is 19.2 Å². The van der Waals surface area contributed by atoms with E-state index in [-0.39, 0.29) is 5.69 Å². The minimum Gasteiger partial charge on any atom is -0.486 e. The number of para-hydroxylation sites is 1. The highest BCUT2D eigenvalue weighted by atomic mass is 19.1. The van der Waals surface area contributed by atoms with Crippen molar-refractivity contribution in [3.8, 4) is 17.0 Å². The van der Waals surface area contributed by atoms with E-state index < -0.39 is 11.7 Å². The zero-order valence-electron chi connectivity index (χ0n) is 17.8. The fourth-order valence-corrected chi connectivity index (χ4v) is 3.62. The number of carbonyl (C=O) groups excluding carboxylic acids is 1. The summed E-state index contributed by atoms with van der Waals surface area (Å²) in [5, 5.41) is 21.2. The van der Waals surface area contributed by atoms with Crippen LogP contribution in [0.4, 0.5) is 27.4 Å². The van der Waals surface area contributed by atoms with Gasteiger partial charge in [-0.15, -0.1) is 10.2 Å². The average molecular weight is 446 g/mol. The first-order valence-electron chi connectivity index (χ1n) is 10.1. The normalized spacial score (nSPS) is 11.7. The molecule has 1 aliphatic rings. The Labute approximate surface area is 187 Å². The molecule has 0 unspecified atom stereocenters. The summed E-state index contributed by atoms with van der Waals surface area (Å²) in [5.74, 6) is 0.492. The molecule has 11 heteroatoms. The Kier molecular flexibility index (Phi) is 5.05. The van der Waals surface area contributed by atoms with E-state index in [1.807, 2.05) is 29.9 Å². The standard InChI is InChI=1S/C22H19FN8O2/c1-24-22(32)19-16(8-18(29-30-19)28-17-7-6-13(23)10-25-17)27-15-5-3-4-14-20-12(9-26-31(20)2)11-33-21(14)15/h3-10H,11H2,1-2H3,(H,24,32)(H2,25,27,28,29). The topological polar surface area (TPSA) is 119 Å². The van der Waals surface area contributed by atoms with Crippen LogP contribution in [0.3, 0.4) is 0 Å². The minimum atomic E-state index is -0.450. The molecule has 3 N–H and O–H groups in total. The lowest BCUT2D eigenvalue weighted by atomic mass is 10.0. The molecule has 33 heavy (non-hydrogen) atoms. The number of pyridine rings is 1. The van der Waals surface area contributed by atoms with Gasteiger partial charge in [-0.2, -0.15) is 5.10 Å². The molecular weight excluding hydrogens is 427 g/mol. The van der Waals surface area contributed by atoms with Crippen LogP contribution in [-0.4, -0.2) is 37.9 Å². The first-order chi connectivity index (χ1) is 16.0. The Hall–Kier alpha value is -4.54. The third-order valence-electron chi connectivity index (χ3n) is 5.15. The SMILES string of the molecule is CNC(=O)c1nnc(Nc2ccc(F)cn2)cc1Nc1cccc2c1OCc1cnn(C)c1-2. The van der Waals surface area contributed by atoms with Crippen molar-refractivity contribution in [3.63, 3.8) is 0 Å². The summed E-state index contributed by atoms with van der Waals surface area (Å²) in [4.78, 5) is 16.4. The molecule has 0 saturated carbocycles. The Balaban J connectivity index is 1.53. The Bertz CT molecular complexity index is 1350. The predicted octanol–water partition coefficient (Wildman–Crippen LogP) is 3.15. The van der Waals surface area contributed by atoms with Gasteiger partial charge in [-0.05, 0) is 24.3 Å². The van der Waals surface area contributed by atoms with Gasteiger partial charge in [-0.1, -0.05) is 6.07 Å². The van der Waals surface area contributed by atoms with E-state index in [0.717, 1.165) is 23.0 Å². The van der Waals surface area contributed by atoms with Crippen LogP contribution in [-0.2, 0) is 13.7 Å². The summed E-state index contributed by atoms with van der Waals surface area (Å²) in [6.07, 6.45) is 2.88. The van der Waals surface area contributed by atoms with Crippen molar-refractivity contribution in [2.45, 2.75) is 6.61 Å². The smallest absolute Gasteiger partial charge is 0.273 e. The molecule has 0 spiro atoms. The molecule has 10 nitrogen and oxygen atoms in total. The largest absolute Gasteiger partial charge is 0.486 e. The van der Waals surface area contributed by atoms with Gasteiger partial charge >= 0.3 is 0 Å². The van der Waals surface area contributed by atoms with Crippen LogP contribution in [0.25, 0.3) is 11.3 Å². The number of ether oxygens (including phenoxy) is 1. The maximum atomic E-state index is 13.2. The van der Waals surface area contributed by atoms with Gasteiger partial charge in [0.05, 0.1) is 29.5 Å². The number of hydrogen-bond donors (Lipinski definition) is 3. The van der Waals surface area contributed by atoms with E-state index in [2.05, 4.69) is 36.2 Å². The molecule has 1 aliphatic heterocycles. The fourth-order valence-electron chi connectivity index (χ4n) is 3.62. The van der Waals surface area contributed by atoms with E-state index in [0.29, 0.717) is 35.4 Å². The van der Waals surface area contributed by atoms with E-state index >= 15 is 0 Å². The van der Waals surface area contributed by atoms with Crippen LogP contribution in [0.2, 0.25) is 0 Å². The summed E-state index contributed by atoms with van der Waals surface area (Å²) < 4.78 is 21.0. The minimum absolute atomic E-state index is 0.102. The molecule has 4 heterocycles. The van der Waals surface area contributed by atoms with Crippen molar-refractivity contribution in [1.82, 2.24) is 30.3 Å². The quantitative estimate of drug-likeness (QED) is 0.428. The van der Waals surface area contributed by atoms with Crippen LogP contribution >= 0.6 is 0 Å². The highest BCUT2D eigenvalue weighted by Gasteiger charge is 2.24. The van der Waals surface area contributed by atoms with E-state index in [4.69, 9.17) is 4.74 Å². The van der Waals surface area contributed by atoms with Gasteiger partial charge in [-0.25, -0.2) is 9.37 Å². The number of hydrogen-bond acceptors (Lipinski definition) is 8. The second-order valence-electron chi connectivity index (χ2n) is 7.30. The number of benzene rings is 1. The summed E-state index contributed by atoms with van der Waals surface area (Å²) in [5.41, 5.74) is 4.02. The molecular formula is C22H19FN8O2. The number of aromatic nitrogens is 5. The Morgan fingerprint density at radius 2 is 1.97 bits per heavy atom. The van der Waals surface area contributed by atoms with Crippen molar-refractivity contribution >= 4 is 28.9 Å². The summed E-state index contributed by atoms with van der Waals surface area (Å²) in [7, 11) is 3.39. The summed E-state index contributed by atoms with van der Waals surface area (Å²) in [6, 6.07) is 10.1. The third kappa shape index (κ3) is 3.80. The van der Waals surface area contributed by atoms with Crippen LogP contribution in [0.15, 0.2) is 48.8 Å². The first kappa shape index (κ1) is 20.4. The zero-order chi connectivity index (χ0) is 22.9. The fraction of sp³-hybridized carbons (Fsp3) is 0.136. The maximum absolute atomic E-state index is 13.2. The van der Waals surface area contributed by atoms with E-state index in [1.54, 1.807) is 12.3 Å². The second-order valence-corrected chi connectivity index (χ2v) is 7.30. The van der Waals surface area contributed by atoms with Crippen molar-refractivity contribution < 1.29 is 13.9 Å². The number of amides is 1. The van der Waals surface area contributed by atoms with E-state index in [9.17, 15) is 9.18 Å². The summed E-state index contributed by atoms with van der Waals surface area (Å²) in [6.45, 7) is 0.384. The van der Waals surface area contributed by atoms with Gasteiger partial charge in [0.25, 0.3) is 5.91 Å². The molecule has 0 aliphatic carbocycles. The Morgan fingerprint density at radius 1 is 1.09 bits per heavy atom. The number of nitrogens with zero attached hydrogens (tertiary/aromatic N) is 5. The van der Waals surface area contributed by atoms with Gasteiger partial charge in [0, 0.05) is 31.3 Å². The lowest BCUT2D eigenvalue weighted by Gasteiger charge is -2.22.